The highest BCUT2D eigenvalue weighted by Gasteiger charge is 2.18. The minimum Gasteiger partial charge on any atom is -0.369 e. The molecule has 1 aromatic heterocycles. The van der Waals surface area contributed by atoms with Gasteiger partial charge in [0.1, 0.15) is 6.54 Å². The van der Waals surface area contributed by atoms with Crippen molar-refractivity contribution >= 4 is 39.1 Å². The number of likely N-dealkylation sites (N-methyl/N-ethyl adjacent to an activating group) is 1. The molecule has 1 N–H and O–H groups in total. The van der Waals surface area contributed by atoms with Crippen molar-refractivity contribution in [3.63, 3.8) is 0 Å². The van der Waals surface area contributed by atoms with Crippen LogP contribution in [0.25, 0.3) is 21.8 Å². The number of hydrogen-bond acceptors (Lipinski definition) is 4. The van der Waals surface area contributed by atoms with Gasteiger partial charge >= 0.3 is 0 Å². The maximum absolute atomic E-state index is 13.1. The number of para-hydroxylation sites is 2. The van der Waals surface area contributed by atoms with Gasteiger partial charge in [0.15, 0.2) is 5.43 Å². The Morgan fingerprint density at radius 2 is 1.50 bits per heavy atom. The third-order valence-corrected chi connectivity index (χ3v) is 6.82. The zero-order chi connectivity index (χ0) is 23.7. The van der Waals surface area contributed by atoms with Crippen LogP contribution in [-0.2, 0) is 11.3 Å². The van der Waals surface area contributed by atoms with Crippen molar-refractivity contribution in [2.24, 2.45) is 0 Å². The molecule has 5 rings (SSSR count). The number of benzene rings is 3. The second-order valence-electron chi connectivity index (χ2n) is 8.92. The first-order chi connectivity index (χ1) is 16.5. The van der Waals surface area contributed by atoms with Gasteiger partial charge in [-0.15, -0.1) is 0 Å². The van der Waals surface area contributed by atoms with E-state index in [1.165, 1.54) is 5.69 Å². The van der Waals surface area contributed by atoms with Gasteiger partial charge in [-0.2, -0.15) is 0 Å². The van der Waals surface area contributed by atoms with E-state index in [9.17, 15) is 9.59 Å². The Balaban J connectivity index is 1.38. The molecule has 0 radical (unpaired) electrons. The lowest BCUT2D eigenvalue weighted by Gasteiger charge is -2.36. The summed E-state index contributed by atoms with van der Waals surface area (Å²) in [5.74, 6) is -0.123. The summed E-state index contributed by atoms with van der Waals surface area (Å²) in [6, 6.07) is 21.1. The fraction of sp³-hybridized carbons (Fsp3) is 0.286. The molecule has 0 bridgehead atoms. The Hall–Kier alpha value is -3.64. The minimum absolute atomic E-state index is 0.00570. The molecule has 0 saturated carbocycles. The van der Waals surface area contributed by atoms with Gasteiger partial charge in [-0.25, -0.2) is 0 Å². The summed E-state index contributed by atoms with van der Waals surface area (Å²) in [5.41, 5.74) is 4.69. The highest BCUT2D eigenvalue weighted by molar-refractivity contribution is 5.97. The average molecular weight is 455 g/mol. The van der Waals surface area contributed by atoms with Crippen LogP contribution in [0.4, 0.5) is 11.4 Å². The molecule has 0 spiro atoms. The van der Waals surface area contributed by atoms with E-state index in [1.807, 2.05) is 65.2 Å². The van der Waals surface area contributed by atoms with E-state index in [1.54, 1.807) is 0 Å². The van der Waals surface area contributed by atoms with Crippen molar-refractivity contribution < 1.29 is 4.79 Å². The van der Waals surface area contributed by atoms with Crippen molar-refractivity contribution in [3.8, 4) is 0 Å². The van der Waals surface area contributed by atoms with Gasteiger partial charge in [0.25, 0.3) is 0 Å². The van der Waals surface area contributed by atoms with Crippen molar-refractivity contribution in [2.75, 3.05) is 42.9 Å². The number of piperazine rings is 1. The number of aryl methyl sites for hydroxylation is 1. The maximum atomic E-state index is 13.1. The quantitative estimate of drug-likeness (QED) is 0.458. The lowest BCUT2D eigenvalue weighted by Crippen LogP contribution is -2.46. The zero-order valence-corrected chi connectivity index (χ0v) is 19.8. The lowest BCUT2D eigenvalue weighted by molar-refractivity contribution is -0.116. The molecule has 6 nitrogen and oxygen atoms in total. The fourth-order valence-corrected chi connectivity index (χ4v) is 4.98. The number of aromatic nitrogens is 1. The van der Waals surface area contributed by atoms with Crippen molar-refractivity contribution in [3.05, 3.63) is 82.5 Å². The van der Waals surface area contributed by atoms with E-state index in [0.29, 0.717) is 10.8 Å². The molecule has 174 valence electrons. The van der Waals surface area contributed by atoms with Gasteiger partial charge in [0.2, 0.25) is 5.91 Å². The van der Waals surface area contributed by atoms with Crippen molar-refractivity contribution in [1.29, 1.82) is 0 Å². The molecule has 1 saturated heterocycles. The Morgan fingerprint density at radius 1 is 0.882 bits per heavy atom. The predicted molar refractivity (Wildman–Crippen MR) is 140 cm³/mol. The normalized spacial score (nSPS) is 14.6. The first-order valence-corrected chi connectivity index (χ1v) is 11.9. The van der Waals surface area contributed by atoms with Crippen molar-refractivity contribution in [1.82, 2.24) is 9.47 Å². The van der Waals surface area contributed by atoms with Crippen LogP contribution in [0.5, 0.6) is 0 Å². The van der Waals surface area contributed by atoms with E-state index < -0.39 is 0 Å². The molecular formula is C28H30N4O2. The monoisotopic (exact) mass is 454 g/mol. The Morgan fingerprint density at radius 3 is 2.09 bits per heavy atom. The highest BCUT2D eigenvalue weighted by atomic mass is 16.2. The number of amides is 1. The molecule has 1 aliphatic heterocycles. The smallest absolute Gasteiger partial charge is 0.244 e. The summed E-state index contributed by atoms with van der Waals surface area (Å²) in [7, 11) is 0. The van der Waals surface area contributed by atoms with Gasteiger partial charge < -0.3 is 19.7 Å². The van der Waals surface area contributed by atoms with Crippen molar-refractivity contribution in [2.45, 2.75) is 20.4 Å². The van der Waals surface area contributed by atoms with Crippen LogP contribution in [0, 0.1) is 6.92 Å². The van der Waals surface area contributed by atoms with Crippen LogP contribution in [0.2, 0.25) is 0 Å². The van der Waals surface area contributed by atoms with Crippen LogP contribution >= 0.6 is 0 Å². The maximum Gasteiger partial charge on any atom is 0.244 e. The van der Waals surface area contributed by atoms with Crippen LogP contribution < -0.4 is 15.6 Å². The number of rotatable bonds is 5. The van der Waals surface area contributed by atoms with Gasteiger partial charge in [-0.3, -0.25) is 9.59 Å². The zero-order valence-electron chi connectivity index (χ0n) is 19.8. The Bertz CT molecular complexity index is 1360. The number of nitrogens with zero attached hydrogens (tertiary/aromatic N) is 3. The van der Waals surface area contributed by atoms with Crippen LogP contribution in [0.1, 0.15) is 12.5 Å². The molecule has 4 aromatic rings. The van der Waals surface area contributed by atoms with E-state index >= 15 is 0 Å². The standard InChI is InChI=1S/C28H30N4O2/c1-3-30-14-16-31(17-15-30)24-13-12-21(18-20(24)2)29-27(33)19-32-25-10-6-4-8-22(25)28(34)23-9-5-7-11-26(23)32/h4-13,18H,3,14-17,19H2,1-2H3,(H,29,33). The summed E-state index contributed by atoms with van der Waals surface area (Å²) in [6.07, 6.45) is 0. The summed E-state index contributed by atoms with van der Waals surface area (Å²) in [5, 5.41) is 4.30. The third-order valence-electron chi connectivity index (χ3n) is 6.82. The summed E-state index contributed by atoms with van der Waals surface area (Å²) in [4.78, 5) is 30.9. The Kier molecular flexibility index (Phi) is 6.07. The molecular weight excluding hydrogens is 424 g/mol. The number of pyridine rings is 1. The number of anilines is 2. The molecule has 34 heavy (non-hydrogen) atoms. The number of nitrogens with one attached hydrogen (secondary N) is 1. The largest absolute Gasteiger partial charge is 0.369 e. The van der Waals surface area contributed by atoms with E-state index in [-0.39, 0.29) is 17.9 Å². The van der Waals surface area contributed by atoms with Gasteiger partial charge in [-0.1, -0.05) is 31.2 Å². The first kappa shape index (κ1) is 22.2. The number of carbonyl (C=O) groups is 1. The van der Waals surface area contributed by atoms with Crippen LogP contribution in [0.3, 0.4) is 0 Å². The van der Waals surface area contributed by atoms with E-state index in [4.69, 9.17) is 0 Å². The Labute approximate surface area is 199 Å². The summed E-state index contributed by atoms with van der Waals surface area (Å²) < 4.78 is 1.93. The molecule has 1 aliphatic rings. The lowest BCUT2D eigenvalue weighted by atomic mass is 10.1. The number of carbonyl (C=O) groups excluding carboxylic acids is 1. The minimum atomic E-state index is -0.123. The number of hydrogen-bond donors (Lipinski definition) is 1. The molecule has 6 heteroatoms. The topological polar surface area (TPSA) is 57.6 Å². The molecule has 1 amide bonds. The second kappa shape index (κ2) is 9.31. The molecule has 2 heterocycles. The van der Waals surface area contributed by atoms with E-state index in [0.717, 1.165) is 55.0 Å². The molecule has 0 unspecified atom stereocenters. The SMILES string of the molecule is CCN1CCN(c2ccc(NC(=O)Cn3c4ccccc4c(=O)c4ccccc43)cc2C)CC1. The van der Waals surface area contributed by atoms with Crippen LogP contribution in [0.15, 0.2) is 71.5 Å². The molecule has 1 fully saturated rings. The molecule has 0 atom stereocenters. The van der Waals surface area contributed by atoms with Crippen LogP contribution in [-0.4, -0.2) is 48.1 Å². The highest BCUT2D eigenvalue weighted by Crippen LogP contribution is 2.25. The fourth-order valence-electron chi connectivity index (χ4n) is 4.98. The second-order valence-corrected chi connectivity index (χ2v) is 8.92. The predicted octanol–water partition coefficient (Wildman–Crippen LogP) is 4.24. The molecule has 0 aliphatic carbocycles. The van der Waals surface area contributed by atoms with Gasteiger partial charge in [0.05, 0.1) is 11.0 Å². The summed E-state index contributed by atoms with van der Waals surface area (Å²) in [6.45, 7) is 9.72. The summed E-state index contributed by atoms with van der Waals surface area (Å²) >= 11 is 0. The average Bonchev–Trinajstić information content (AvgIpc) is 2.87. The first-order valence-electron chi connectivity index (χ1n) is 11.9. The third kappa shape index (κ3) is 4.17. The van der Waals surface area contributed by atoms with Gasteiger partial charge in [0, 0.05) is 48.3 Å². The van der Waals surface area contributed by atoms with Gasteiger partial charge in [-0.05, 0) is 61.5 Å². The molecule has 3 aromatic carbocycles. The number of fused-ring (bicyclic) bond motifs is 2. The van der Waals surface area contributed by atoms with E-state index in [2.05, 4.69) is 35.0 Å².